The zero-order valence-corrected chi connectivity index (χ0v) is 12.7. The molecular formula is C14H13ClFNO3S. The van der Waals surface area contributed by atoms with Gasteiger partial charge in [0.2, 0.25) is 10.0 Å². The van der Waals surface area contributed by atoms with E-state index in [0.717, 1.165) is 0 Å². The van der Waals surface area contributed by atoms with Crippen LogP contribution in [0, 0.1) is 5.82 Å². The van der Waals surface area contributed by atoms with Crippen LogP contribution in [-0.2, 0) is 16.6 Å². The van der Waals surface area contributed by atoms with Crippen LogP contribution in [-0.4, -0.2) is 15.5 Å². The molecule has 21 heavy (non-hydrogen) atoms. The first-order valence-electron chi connectivity index (χ1n) is 6.00. The first kappa shape index (κ1) is 15.8. The van der Waals surface area contributed by atoms with Gasteiger partial charge in [-0.25, -0.2) is 17.5 Å². The van der Waals surface area contributed by atoms with Gasteiger partial charge in [-0.2, -0.15) is 0 Å². The highest BCUT2D eigenvalue weighted by Gasteiger charge is 2.15. The molecule has 2 rings (SSSR count). The monoisotopic (exact) mass is 329 g/mol. The van der Waals surface area contributed by atoms with E-state index >= 15 is 0 Å². The lowest BCUT2D eigenvalue weighted by atomic mass is 10.2. The van der Waals surface area contributed by atoms with Crippen molar-refractivity contribution in [1.29, 1.82) is 0 Å². The Morgan fingerprint density at radius 3 is 2.48 bits per heavy atom. The maximum atomic E-state index is 13.5. The van der Waals surface area contributed by atoms with E-state index in [0.29, 0.717) is 10.8 Å². The highest BCUT2D eigenvalue weighted by atomic mass is 35.5. The van der Waals surface area contributed by atoms with Crippen LogP contribution in [0.25, 0.3) is 0 Å². The topological polar surface area (TPSA) is 55.4 Å². The molecule has 7 heteroatoms. The van der Waals surface area contributed by atoms with E-state index < -0.39 is 15.8 Å². The van der Waals surface area contributed by atoms with Crippen molar-refractivity contribution in [2.24, 2.45) is 0 Å². The minimum atomic E-state index is -3.73. The normalized spacial score (nSPS) is 11.4. The molecule has 1 N–H and O–H groups in total. The second-order valence-corrected chi connectivity index (χ2v) is 6.44. The molecule has 0 aromatic heterocycles. The molecule has 0 saturated heterocycles. The van der Waals surface area contributed by atoms with Gasteiger partial charge < -0.3 is 4.74 Å². The Bertz CT molecular complexity index is 732. The van der Waals surface area contributed by atoms with Gasteiger partial charge in [-0.05, 0) is 42.5 Å². The second-order valence-electron chi connectivity index (χ2n) is 4.24. The Morgan fingerprint density at radius 2 is 1.86 bits per heavy atom. The largest absolute Gasteiger partial charge is 0.497 e. The molecule has 0 saturated carbocycles. The highest BCUT2D eigenvalue weighted by molar-refractivity contribution is 7.89. The molecule has 0 spiro atoms. The average molecular weight is 330 g/mol. The lowest BCUT2D eigenvalue weighted by Gasteiger charge is -2.08. The van der Waals surface area contributed by atoms with Crippen molar-refractivity contribution >= 4 is 21.6 Å². The number of methoxy groups -OCH3 is 1. The molecule has 0 bridgehead atoms. The highest BCUT2D eigenvalue weighted by Crippen LogP contribution is 2.17. The summed E-state index contributed by atoms with van der Waals surface area (Å²) in [6.45, 7) is -0.180. The fraction of sp³-hybridized carbons (Fsp3) is 0.143. The van der Waals surface area contributed by atoms with Crippen molar-refractivity contribution in [1.82, 2.24) is 4.72 Å². The van der Waals surface area contributed by atoms with Gasteiger partial charge in [0.15, 0.2) is 0 Å². The number of sulfonamides is 1. The standard InChI is InChI=1S/C14H13ClFNO3S/c1-20-12-3-5-13(6-4-12)21(18,19)17-9-10-8-11(15)2-7-14(10)16/h2-8,17H,9H2,1H3. The van der Waals surface area contributed by atoms with Gasteiger partial charge in [0.1, 0.15) is 11.6 Å². The first-order chi connectivity index (χ1) is 9.92. The minimum absolute atomic E-state index is 0.0748. The van der Waals surface area contributed by atoms with Gasteiger partial charge in [0, 0.05) is 17.1 Å². The molecule has 112 valence electrons. The third kappa shape index (κ3) is 3.93. The smallest absolute Gasteiger partial charge is 0.240 e. The molecule has 0 aliphatic rings. The molecule has 0 radical (unpaired) electrons. The average Bonchev–Trinajstić information content (AvgIpc) is 2.48. The van der Waals surface area contributed by atoms with Crippen LogP contribution in [0.15, 0.2) is 47.4 Å². The van der Waals surface area contributed by atoms with E-state index in [4.69, 9.17) is 16.3 Å². The van der Waals surface area contributed by atoms with Crippen molar-refractivity contribution < 1.29 is 17.5 Å². The molecule has 2 aromatic rings. The van der Waals surface area contributed by atoms with E-state index in [-0.39, 0.29) is 17.0 Å². The summed E-state index contributed by atoms with van der Waals surface area (Å²) in [6.07, 6.45) is 0. The van der Waals surface area contributed by atoms with Crippen LogP contribution < -0.4 is 9.46 Å². The molecule has 2 aromatic carbocycles. The summed E-state index contributed by atoms with van der Waals surface area (Å²) in [6, 6.07) is 9.87. The zero-order valence-electron chi connectivity index (χ0n) is 11.1. The summed E-state index contributed by atoms with van der Waals surface area (Å²) >= 11 is 5.76. The van der Waals surface area contributed by atoms with E-state index in [1.54, 1.807) is 0 Å². The molecular weight excluding hydrogens is 317 g/mol. The second kappa shape index (κ2) is 6.43. The van der Waals surface area contributed by atoms with Crippen molar-refractivity contribution in [3.8, 4) is 5.75 Å². The van der Waals surface area contributed by atoms with Crippen molar-refractivity contribution in [2.75, 3.05) is 7.11 Å². The zero-order chi connectivity index (χ0) is 15.5. The van der Waals surface area contributed by atoms with Gasteiger partial charge in [-0.3, -0.25) is 0 Å². The Hall–Kier alpha value is -1.63. The van der Waals surface area contributed by atoms with Gasteiger partial charge in [-0.15, -0.1) is 0 Å². The number of nitrogens with one attached hydrogen (secondary N) is 1. The van der Waals surface area contributed by atoms with Gasteiger partial charge in [-0.1, -0.05) is 11.6 Å². The predicted molar refractivity (Wildman–Crippen MR) is 78.4 cm³/mol. The van der Waals surface area contributed by atoms with Gasteiger partial charge in [0.25, 0.3) is 0 Å². The fourth-order valence-electron chi connectivity index (χ4n) is 1.69. The quantitative estimate of drug-likeness (QED) is 0.917. The Labute approximate surface area is 127 Å². The maximum absolute atomic E-state index is 13.5. The Balaban J connectivity index is 2.15. The van der Waals surface area contributed by atoms with Crippen LogP contribution in [0.1, 0.15) is 5.56 Å². The van der Waals surface area contributed by atoms with Crippen LogP contribution >= 0.6 is 11.6 Å². The summed E-state index contributed by atoms with van der Waals surface area (Å²) in [5.74, 6) is 0.0340. The van der Waals surface area contributed by atoms with Crippen LogP contribution in [0.2, 0.25) is 5.02 Å². The number of benzene rings is 2. The Morgan fingerprint density at radius 1 is 1.19 bits per heavy atom. The molecule has 0 unspecified atom stereocenters. The maximum Gasteiger partial charge on any atom is 0.240 e. The van der Waals surface area contributed by atoms with Gasteiger partial charge in [0.05, 0.1) is 12.0 Å². The number of hydrogen-bond acceptors (Lipinski definition) is 3. The predicted octanol–water partition coefficient (Wildman–Crippen LogP) is 2.97. The van der Waals surface area contributed by atoms with Crippen molar-refractivity contribution in [3.63, 3.8) is 0 Å². The number of hydrogen-bond donors (Lipinski definition) is 1. The SMILES string of the molecule is COc1ccc(S(=O)(=O)NCc2cc(Cl)ccc2F)cc1. The third-order valence-electron chi connectivity index (χ3n) is 2.83. The molecule has 0 aliphatic carbocycles. The van der Waals surface area contributed by atoms with Gasteiger partial charge >= 0.3 is 0 Å². The van der Waals surface area contributed by atoms with Crippen LogP contribution in [0.5, 0.6) is 5.75 Å². The molecule has 0 aliphatic heterocycles. The molecule has 0 amide bonds. The Kier molecular flexibility index (Phi) is 4.82. The van der Waals surface area contributed by atoms with Crippen molar-refractivity contribution in [3.05, 3.63) is 58.9 Å². The van der Waals surface area contributed by atoms with Crippen LogP contribution in [0.3, 0.4) is 0 Å². The lowest BCUT2D eigenvalue weighted by Crippen LogP contribution is -2.23. The van der Waals surface area contributed by atoms with Crippen LogP contribution in [0.4, 0.5) is 4.39 Å². The first-order valence-corrected chi connectivity index (χ1v) is 7.86. The molecule has 4 nitrogen and oxygen atoms in total. The van der Waals surface area contributed by atoms with Crippen molar-refractivity contribution in [2.45, 2.75) is 11.4 Å². The summed E-state index contributed by atoms with van der Waals surface area (Å²) in [7, 11) is -2.24. The summed E-state index contributed by atoms with van der Waals surface area (Å²) in [5, 5.41) is 0.343. The van der Waals surface area contributed by atoms with E-state index in [1.165, 1.54) is 49.6 Å². The third-order valence-corrected chi connectivity index (χ3v) is 4.48. The van der Waals surface area contributed by atoms with E-state index in [2.05, 4.69) is 4.72 Å². The molecule has 0 heterocycles. The van der Waals surface area contributed by atoms with E-state index in [1.807, 2.05) is 0 Å². The summed E-state index contributed by atoms with van der Waals surface area (Å²) in [4.78, 5) is 0.0748. The summed E-state index contributed by atoms with van der Waals surface area (Å²) < 4.78 is 45.0. The molecule has 0 atom stereocenters. The minimum Gasteiger partial charge on any atom is -0.497 e. The number of rotatable bonds is 5. The fourth-order valence-corrected chi connectivity index (χ4v) is 2.89. The lowest BCUT2D eigenvalue weighted by molar-refractivity contribution is 0.414. The summed E-state index contributed by atoms with van der Waals surface area (Å²) in [5.41, 5.74) is 0.180. The molecule has 0 fully saturated rings. The number of ether oxygens (including phenoxy) is 1. The van der Waals surface area contributed by atoms with E-state index in [9.17, 15) is 12.8 Å². The number of halogens is 2.